The van der Waals surface area contributed by atoms with Crippen LogP contribution in [0.25, 0.3) is 0 Å². The molecule has 2 nitrogen and oxygen atoms in total. The summed E-state index contributed by atoms with van der Waals surface area (Å²) in [7, 11) is 0. The number of rotatable bonds is 9. The molecule has 0 heterocycles. The Labute approximate surface area is 202 Å². The van der Waals surface area contributed by atoms with Crippen molar-refractivity contribution in [1.82, 2.24) is 10.6 Å². The van der Waals surface area contributed by atoms with E-state index in [-0.39, 0.29) is 0 Å². The molecule has 2 aliphatic carbocycles. The van der Waals surface area contributed by atoms with E-state index in [0.717, 1.165) is 12.1 Å². The maximum atomic E-state index is 3.93. The molecule has 0 radical (unpaired) electrons. The van der Waals surface area contributed by atoms with E-state index in [2.05, 4.69) is 10.6 Å². The maximum absolute atomic E-state index is 3.93. The lowest BCUT2D eigenvalue weighted by Crippen LogP contribution is -2.30. The van der Waals surface area contributed by atoms with E-state index >= 15 is 0 Å². The minimum atomic E-state index is 0.803. The van der Waals surface area contributed by atoms with Crippen molar-refractivity contribution >= 4 is 0 Å². The molecule has 2 rings (SSSR count). The SMILES string of the molecule is C1CCCCCC(NCCCCCCNC2CCCCCCCCCCC2)CCCCC1. The Hall–Kier alpha value is -0.0800. The third-order valence-electron chi connectivity index (χ3n) is 8.18. The first-order valence-electron chi connectivity index (χ1n) is 15.4. The zero-order valence-electron chi connectivity index (χ0n) is 22.0. The average molecular weight is 449 g/mol. The van der Waals surface area contributed by atoms with E-state index in [1.807, 2.05) is 0 Å². The first-order valence-corrected chi connectivity index (χ1v) is 15.4. The monoisotopic (exact) mass is 448 g/mol. The molecule has 2 aliphatic rings. The van der Waals surface area contributed by atoms with Gasteiger partial charge in [0, 0.05) is 12.1 Å². The summed E-state index contributed by atoms with van der Waals surface area (Å²) in [4.78, 5) is 0. The molecule has 190 valence electrons. The second kappa shape index (κ2) is 21.5. The van der Waals surface area contributed by atoms with Gasteiger partial charge in [0.2, 0.25) is 0 Å². The van der Waals surface area contributed by atoms with Crippen LogP contribution in [0, 0.1) is 0 Å². The molecule has 0 atom stereocenters. The van der Waals surface area contributed by atoms with E-state index in [9.17, 15) is 0 Å². The number of hydrogen-bond acceptors (Lipinski definition) is 2. The van der Waals surface area contributed by atoms with Gasteiger partial charge in [-0.15, -0.1) is 0 Å². The van der Waals surface area contributed by atoms with E-state index < -0.39 is 0 Å². The van der Waals surface area contributed by atoms with Crippen LogP contribution in [0.5, 0.6) is 0 Å². The van der Waals surface area contributed by atoms with Crippen LogP contribution in [0.15, 0.2) is 0 Å². The van der Waals surface area contributed by atoms with Gasteiger partial charge in [-0.05, 0) is 51.6 Å². The van der Waals surface area contributed by atoms with Crippen molar-refractivity contribution in [2.75, 3.05) is 13.1 Å². The molecule has 0 unspecified atom stereocenters. The molecule has 32 heavy (non-hydrogen) atoms. The summed E-state index contributed by atoms with van der Waals surface area (Å²) in [6.45, 7) is 2.50. The maximum Gasteiger partial charge on any atom is 0.00670 e. The van der Waals surface area contributed by atoms with E-state index in [1.165, 1.54) is 180 Å². The summed E-state index contributed by atoms with van der Waals surface area (Å²) in [5.41, 5.74) is 0. The Morgan fingerprint density at radius 1 is 0.312 bits per heavy atom. The molecule has 0 aliphatic heterocycles. The van der Waals surface area contributed by atoms with Crippen molar-refractivity contribution in [1.29, 1.82) is 0 Å². The van der Waals surface area contributed by atoms with E-state index in [1.54, 1.807) is 0 Å². The van der Waals surface area contributed by atoms with Crippen LogP contribution >= 0.6 is 0 Å². The highest BCUT2D eigenvalue weighted by molar-refractivity contribution is 4.70. The number of unbranched alkanes of at least 4 members (excludes halogenated alkanes) is 3. The molecule has 0 aromatic carbocycles. The van der Waals surface area contributed by atoms with Crippen molar-refractivity contribution in [3.8, 4) is 0 Å². The molecule has 2 fully saturated rings. The molecule has 0 amide bonds. The number of hydrogen-bond donors (Lipinski definition) is 2. The van der Waals surface area contributed by atoms with Crippen LogP contribution in [-0.4, -0.2) is 25.2 Å². The summed E-state index contributed by atoms with van der Waals surface area (Å²) in [6.07, 6.45) is 37.7. The summed E-state index contributed by atoms with van der Waals surface area (Å²) in [6, 6.07) is 1.61. The third-order valence-corrected chi connectivity index (χ3v) is 8.18. The first-order chi connectivity index (χ1) is 15.9. The van der Waals surface area contributed by atoms with Gasteiger partial charge < -0.3 is 10.6 Å². The fourth-order valence-corrected chi connectivity index (χ4v) is 5.95. The van der Waals surface area contributed by atoms with Crippen molar-refractivity contribution in [3.63, 3.8) is 0 Å². The molecule has 2 N–H and O–H groups in total. The zero-order chi connectivity index (χ0) is 22.4. The summed E-state index contributed by atoms with van der Waals surface area (Å²) in [5, 5.41) is 7.87. The summed E-state index contributed by atoms with van der Waals surface area (Å²) in [5.74, 6) is 0. The van der Waals surface area contributed by atoms with Crippen LogP contribution in [0.3, 0.4) is 0 Å². The molecule has 2 saturated carbocycles. The average Bonchev–Trinajstić information content (AvgIpc) is 2.78. The Balaban J connectivity index is 1.46. The highest BCUT2D eigenvalue weighted by Gasteiger charge is 2.10. The number of nitrogens with one attached hydrogen (secondary N) is 2. The molecule has 0 aromatic rings. The first kappa shape index (κ1) is 28.2. The van der Waals surface area contributed by atoms with Gasteiger partial charge in [0.25, 0.3) is 0 Å². The van der Waals surface area contributed by atoms with Crippen LogP contribution in [0.1, 0.15) is 167 Å². The van der Waals surface area contributed by atoms with Gasteiger partial charge in [0.05, 0.1) is 0 Å². The summed E-state index contributed by atoms with van der Waals surface area (Å²) < 4.78 is 0. The predicted octanol–water partition coefficient (Wildman–Crippen LogP) is 9.07. The topological polar surface area (TPSA) is 24.1 Å². The minimum absolute atomic E-state index is 0.803. The minimum Gasteiger partial charge on any atom is -0.314 e. The van der Waals surface area contributed by atoms with Crippen LogP contribution in [-0.2, 0) is 0 Å². The van der Waals surface area contributed by atoms with Crippen LogP contribution in [0.4, 0.5) is 0 Å². The summed E-state index contributed by atoms with van der Waals surface area (Å²) >= 11 is 0. The molecule has 0 aromatic heterocycles. The predicted molar refractivity (Wildman–Crippen MR) is 144 cm³/mol. The lowest BCUT2D eigenvalue weighted by atomic mass is 9.97. The smallest absolute Gasteiger partial charge is 0.00670 e. The third kappa shape index (κ3) is 16.5. The van der Waals surface area contributed by atoms with Gasteiger partial charge in [-0.25, -0.2) is 0 Å². The van der Waals surface area contributed by atoms with Crippen molar-refractivity contribution in [3.05, 3.63) is 0 Å². The highest BCUT2D eigenvalue weighted by Crippen LogP contribution is 2.18. The van der Waals surface area contributed by atoms with Gasteiger partial charge in [-0.1, -0.05) is 128 Å². The van der Waals surface area contributed by atoms with Crippen molar-refractivity contribution in [2.45, 2.75) is 179 Å². The van der Waals surface area contributed by atoms with Gasteiger partial charge in [-0.3, -0.25) is 0 Å². The zero-order valence-corrected chi connectivity index (χ0v) is 22.0. The molecule has 2 heteroatoms. The van der Waals surface area contributed by atoms with Gasteiger partial charge in [0.15, 0.2) is 0 Å². The molecule has 0 saturated heterocycles. The Kier molecular flexibility index (Phi) is 18.9. The fraction of sp³-hybridized carbons (Fsp3) is 1.00. The Bertz CT molecular complexity index is 323. The second-order valence-electron chi connectivity index (χ2n) is 11.2. The fourth-order valence-electron chi connectivity index (χ4n) is 5.95. The highest BCUT2D eigenvalue weighted by atomic mass is 14.9. The van der Waals surface area contributed by atoms with Gasteiger partial charge in [-0.2, -0.15) is 0 Å². The van der Waals surface area contributed by atoms with Crippen molar-refractivity contribution < 1.29 is 0 Å². The Morgan fingerprint density at radius 3 is 0.844 bits per heavy atom. The van der Waals surface area contributed by atoms with E-state index in [4.69, 9.17) is 0 Å². The Morgan fingerprint density at radius 2 is 0.562 bits per heavy atom. The molecule has 0 spiro atoms. The van der Waals surface area contributed by atoms with Crippen molar-refractivity contribution in [2.24, 2.45) is 0 Å². The lowest BCUT2D eigenvalue weighted by Gasteiger charge is -2.20. The standard InChI is InChI=1S/C30H60N2/c1-3-7-11-17-23-29(24-18-12-8-4-1)31-27-21-15-16-22-28-32-30-25-19-13-9-5-2-6-10-14-20-26-30/h29-32H,1-28H2. The second-order valence-corrected chi connectivity index (χ2v) is 11.2. The normalized spacial score (nSPS) is 22.9. The van der Waals surface area contributed by atoms with Gasteiger partial charge in [0.1, 0.15) is 0 Å². The molecular formula is C30H60N2. The van der Waals surface area contributed by atoms with E-state index in [0.29, 0.717) is 0 Å². The van der Waals surface area contributed by atoms with Gasteiger partial charge >= 0.3 is 0 Å². The quantitative estimate of drug-likeness (QED) is 0.344. The lowest BCUT2D eigenvalue weighted by molar-refractivity contribution is 0.392. The van der Waals surface area contributed by atoms with Crippen LogP contribution in [0.2, 0.25) is 0 Å². The largest absolute Gasteiger partial charge is 0.314 e. The molecular weight excluding hydrogens is 388 g/mol. The molecule has 0 bridgehead atoms. The van der Waals surface area contributed by atoms with Crippen LogP contribution < -0.4 is 10.6 Å².